The van der Waals surface area contributed by atoms with Gasteiger partial charge in [0.15, 0.2) is 11.9 Å². The lowest BCUT2D eigenvalue weighted by atomic mass is 9.73. The van der Waals surface area contributed by atoms with Gasteiger partial charge in [0.1, 0.15) is 36.5 Å². The topological polar surface area (TPSA) is 180 Å². The molecular formula is C47H69ClFN3O13. The minimum absolute atomic E-state index is 0.0313. The number of ether oxygens (including phenoxy) is 7. The third-order valence-electron chi connectivity index (χ3n) is 14.6. The molecule has 4 saturated heterocycles. The Morgan fingerprint density at radius 3 is 2.34 bits per heavy atom. The Kier molecular flexibility index (Phi) is 15.9. The Balaban J connectivity index is 1.42. The fourth-order valence-corrected chi connectivity index (χ4v) is 10.9. The molecule has 0 radical (unpaired) electrons. The molecule has 1 N–H and O–H groups in total. The number of likely N-dealkylation sites (N-methyl/N-ethyl adjacent to an activating group) is 1. The Hall–Kier alpha value is -3.61. The maximum absolute atomic E-state index is 15.0. The molecule has 1 aliphatic carbocycles. The van der Waals surface area contributed by atoms with Crippen LogP contribution in [0.25, 0.3) is 0 Å². The van der Waals surface area contributed by atoms with Crippen LogP contribution in [0.4, 0.5) is 18.8 Å². The number of benzene rings is 1. The number of carbonyl (C=O) groups excluding carboxylic acids is 5. The van der Waals surface area contributed by atoms with Crippen LogP contribution in [0.2, 0.25) is 5.02 Å². The number of rotatable bonds is 11. The predicted molar refractivity (Wildman–Crippen MR) is 234 cm³/mol. The normalized spacial score (nSPS) is 38.5. The molecule has 0 aromatic heterocycles. The number of amides is 3. The number of cyclic esters (lactones) is 2. The first-order chi connectivity index (χ1) is 30.5. The van der Waals surface area contributed by atoms with Gasteiger partial charge in [-0.15, -0.1) is 0 Å². The van der Waals surface area contributed by atoms with Gasteiger partial charge in [-0.05, 0) is 104 Å². The number of hydrogen-bond acceptors (Lipinski definition) is 14. The van der Waals surface area contributed by atoms with Crippen molar-refractivity contribution in [3.05, 3.63) is 34.6 Å². The summed E-state index contributed by atoms with van der Waals surface area (Å²) < 4.78 is 57.5. The number of methoxy groups -OCH3 is 1. The molecule has 4 heterocycles. The van der Waals surface area contributed by atoms with E-state index in [0.717, 1.165) is 24.3 Å². The molecule has 15 atom stereocenters. The number of halogens is 2. The number of fused-ring (bicyclic) bond motifs is 1. The van der Waals surface area contributed by atoms with Crippen molar-refractivity contribution < 1.29 is 66.6 Å². The second kappa shape index (κ2) is 20.3. The smallest absolute Gasteiger partial charge is 0.419 e. The van der Waals surface area contributed by atoms with E-state index >= 15 is 0 Å². The van der Waals surface area contributed by atoms with Crippen LogP contribution in [0.5, 0.6) is 0 Å². The molecule has 0 unspecified atom stereocenters. The fourth-order valence-electron chi connectivity index (χ4n) is 10.7. The van der Waals surface area contributed by atoms with Crippen LogP contribution in [0.1, 0.15) is 100.0 Å². The van der Waals surface area contributed by atoms with E-state index in [0.29, 0.717) is 17.9 Å². The first-order valence-corrected chi connectivity index (χ1v) is 23.5. The summed E-state index contributed by atoms with van der Waals surface area (Å²) in [7, 11) is 3.44. The summed E-state index contributed by atoms with van der Waals surface area (Å²) in [6, 6.07) is 2.34. The highest BCUT2D eigenvalue weighted by Crippen LogP contribution is 2.44. The molecular weight excluding hydrogens is 869 g/mol. The van der Waals surface area contributed by atoms with Crippen LogP contribution < -0.4 is 0 Å². The molecule has 1 aromatic carbocycles. The standard InChI is InChI=1S/C47H69ClFN3O13/c1-12-35-47(9)39(51(43(56)65-47)18-17-30-15-16-33(49)32(48)20-30)27(5)36(53)24(2)21-46(8,59-11)40(64-42-37(54)34(19-26(4)61-42)50(10)22-31-13-14-31)28(6)38(29(7)41(55)62-35)63-45(58)52-25(3)23-60-44(52)57/h15-16,20,24-29,31,34-35,37-40,42,54H,12-14,17-19,21-23H2,1-11H3/t24-,25+,26-,27+,28+,29-,34+,35-,37-,38+,39-,40-,42+,46+,47-/m1/s1. The maximum atomic E-state index is 15.0. The Labute approximate surface area is 387 Å². The molecule has 16 nitrogen and oxygen atoms in total. The third-order valence-corrected chi connectivity index (χ3v) is 14.9. The van der Waals surface area contributed by atoms with Gasteiger partial charge in [-0.2, -0.15) is 0 Å². The van der Waals surface area contributed by atoms with Crippen molar-refractivity contribution in [3.63, 3.8) is 0 Å². The van der Waals surface area contributed by atoms with Gasteiger partial charge in [0.05, 0.1) is 40.8 Å². The summed E-state index contributed by atoms with van der Waals surface area (Å²) in [6.07, 6.45) is -5.74. The molecule has 5 aliphatic rings. The van der Waals surface area contributed by atoms with Crippen molar-refractivity contribution in [2.45, 2.75) is 167 Å². The monoisotopic (exact) mass is 937 g/mol. The van der Waals surface area contributed by atoms with E-state index in [-0.39, 0.29) is 55.4 Å². The van der Waals surface area contributed by atoms with Gasteiger partial charge in [0.2, 0.25) is 0 Å². The van der Waals surface area contributed by atoms with Crippen LogP contribution in [0.3, 0.4) is 0 Å². The number of aliphatic hydroxyl groups excluding tert-OH is 1. The number of esters is 1. The zero-order valence-corrected chi connectivity index (χ0v) is 40.4. The largest absolute Gasteiger partial charge is 0.458 e. The number of aliphatic hydroxyl groups is 1. The van der Waals surface area contributed by atoms with Gasteiger partial charge in [0.25, 0.3) is 0 Å². The summed E-state index contributed by atoms with van der Waals surface area (Å²) in [4.78, 5) is 75.0. The molecule has 5 fully saturated rings. The van der Waals surface area contributed by atoms with Crippen molar-refractivity contribution in [2.75, 3.05) is 33.9 Å². The molecule has 0 spiro atoms. The zero-order chi connectivity index (χ0) is 47.9. The second-order valence-electron chi connectivity index (χ2n) is 19.7. The van der Waals surface area contributed by atoms with E-state index in [1.54, 1.807) is 54.5 Å². The first-order valence-electron chi connectivity index (χ1n) is 23.1. The van der Waals surface area contributed by atoms with Gasteiger partial charge < -0.3 is 43.2 Å². The SMILES string of the molecule is CC[C@H]1OC(=O)[C@H](C)[C@@H](OC(=O)N2C(=O)OC[C@@H]2C)[C@H](C)[C@@H](O[C@@H]2O[C@H](C)C[C@H](N(C)CC3CC3)[C@H]2O)[C@@](C)(OC)C[C@@H](C)C(=O)[C@H](C)[C@H]2N(CCc3ccc(F)c(Cl)c3)C(=O)O[C@]12C. The van der Waals surface area contributed by atoms with Gasteiger partial charge >= 0.3 is 24.2 Å². The average Bonchev–Trinajstić information content (AvgIpc) is 3.95. The lowest BCUT2D eigenvalue weighted by Gasteiger charge is -2.48. The quantitative estimate of drug-likeness (QED) is 0.181. The average molecular weight is 939 g/mol. The van der Waals surface area contributed by atoms with Gasteiger partial charge in [0, 0.05) is 44.0 Å². The highest BCUT2D eigenvalue weighted by molar-refractivity contribution is 6.30. The van der Waals surface area contributed by atoms with E-state index < -0.39 is 108 Å². The summed E-state index contributed by atoms with van der Waals surface area (Å²) in [5.41, 5.74) is -2.31. The van der Waals surface area contributed by atoms with Gasteiger partial charge in [-0.25, -0.2) is 23.7 Å². The van der Waals surface area contributed by atoms with E-state index in [2.05, 4.69) is 4.90 Å². The Morgan fingerprint density at radius 1 is 1.05 bits per heavy atom. The van der Waals surface area contributed by atoms with Crippen molar-refractivity contribution in [3.8, 4) is 0 Å². The Morgan fingerprint density at radius 2 is 1.74 bits per heavy atom. The molecule has 6 rings (SSSR count). The molecule has 65 heavy (non-hydrogen) atoms. The van der Waals surface area contributed by atoms with Crippen molar-refractivity contribution >= 4 is 41.6 Å². The highest BCUT2D eigenvalue weighted by Gasteiger charge is 2.61. The molecule has 1 saturated carbocycles. The summed E-state index contributed by atoms with van der Waals surface area (Å²) in [6.45, 7) is 16.2. The number of hydrogen-bond donors (Lipinski definition) is 1. The minimum Gasteiger partial charge on any atom is -0.458 e. The van der Waals surface area contributed by atoms with Crippen molar-refractivity contribution in [2.24, 2.45) is 29.6 Å². The number of imide groups is 1. The molecule has 4 aliphatic heterocycles. The van der Waals surface area contributed by atoms with Gasteiger partial charge in [-0.1, -0.05) is 45.4 Å². The highest BCUT2D eigenvalue weighted by atomic mass is 35.5. The van der Waals surface area contributed by atoms with Crippen molar-refractivity contribution in [1.29, 1.82) is 0 Å². The second-order valence-corrected chi connectivity index (χ2v) is 20.1. The van der Waals surface area contributed by atoms with Crippen molar-refractivity contribution in [1.82, 2.24) is 14.7 Å². The lowest BCUT2D eigenvalue weighted by molar-refractivity contribution is -0.302. The molecule has 0 bridgehead atoms. The van der Waals surface area contributed by atoms with E-state index in [4.69, 9.17) is 44.8 Å². The third kappa shape index (κ3) is 10.6. The molecule has 3 amide bonds. The van der Waals surface area contributed by atoms with Crippen LogP contribution >= 0.6 is 11.6 Å². The maximum Gasteiger partial charge on any atom is 0.419 e. The fraction of sp³-hybridized carbons (Fsp3) is 0.766. The van der Waals surface area contributed by atoms with E-state index in [1.165, 1.54) is 31.1 Å². The van der Waals surface area contributed by atoms with E-state index in [9.17, 15) is 33.5 Å². The lowest BCUT2D eigenvalue weighted by Crippen LogP contribution is -2.61. The van der Waals surface area contributed by atoms with E-state index in [1.807, 2.05) is 14.0 Å². The summed E-state index contributed by atoms with van der Waals surface area (Å²) in [5, 5.41) is 11.9. The van der Waals surface area contributed by atoms with Crippen LogP contribution in [-0.2, 0) is 49.2 Å². The van der Waals surface area contributed by atoms with Crippen LogP contribution in [0, 0.1) is 35.4 Å². The van der Waals surface area contributed by atoms with Crippen LogP contribution in [0.15, 0.2) is 18.2 Å². The predicted octanol–water partition coefficient (Wildman–Crippen LogP) is 6.78. The Bertz CT molecular complexity index is 1930. The number of nitrogens with zero attached hydrogens (tertiary/aromatic N) is 3. The summed E-state index contributed by atoms with van der Waals surface area (Å²) >= 11 is 6.10. The van der Waals surface area contributed by atoms with Gasteiger partial charge in [-0.3, -0.25) is 14.5 Å². The number of ketones is 1. The van der Waals surface area contributed by atoms with Crippen LogP contribution in [-0.4, -0.2) is 150 Å². The minimum atomic E-state index is -1.56. The first kappa shape index (κ1) is 50.8. The molecule has 364 valence electrons. The molecule has 18 heteroatoms. The molecule has 1 aromatic rings. The number of carbonyl (C=O) groups is 5. The number of Topliss-reactive ketones (excluding diaryl/α,β-unsaturated/α-hetero) is 1. The zero-order valence-electron chi connectivity index (χ0n) is 39.6. The summed E-state index contributed by atoms with van der Waals surface area (Å²) in [5.74, 6) is -4.94.